The van der Waals surface area contributed by atoms with E-state index in [1.165, 1.54) is 13.0 Å². The Hall–Kier alpha value is -3.73. The number of carbonyl (C=O) groups is 3. The second-order valence-corrected chi connectivity index (χ2v) is 7.99. The monoisotopic (exact) mass is 438 g/mol. The fraction of sp³-hybridized carbons (Fsp3) is 0.333. The molecule has 0 bridgehead atoms. The van der Waals surface area contributed by atoms with Crippen LogP contribution in [-0.4, -0.2) is 23.8 Å². The lowest BCUT2D eigenvalue weighted by atomic mass is 10.0. The summed E-state index contributed by atoms with van der Waals surface area (Å²) in [4.78, 5) is 37.1. The lowest BCUT2D eigenvalue weighted by molar-refractivity contribution is -0.125. The van der Waals surface area contributed by atoms with E-state index in [-0.39, 0.29) is 23.1 Å². The smallest absolute Gasteiger partial charge is 0.253 e. The zero-order valence-corrected chi connectivity index (χ0v) is 18.5. The van der Waals surface area contributed by atoms with Gasteiger partial charge in [-0.25, -0.2) is 4.39 Å². The highest BCUT2D eigenvalue weighted by molar-refractivity contribution is 6.05. The summed E-state index contributed by atoms with van der Waals surface area (Å²) in [6, 6.07) is 11.1. The fourth-order valence-electron chi connectivity index (χ4n) is 3.19. The van der Waals surface area contributed by atoms with Gasteiger partial charge < -0.3 is 16.0 Å². The van der Waals surface area contributed by atoms with Crippen LogP contribution in [0.5, 0.6) is 0 Å². The Labute approximate surface area is 187 Å². The summed E-state index contributed by atoms with van der Waals surface area (Å²) in [5, 5.41) is 16.9. The Balaban J connectivity index is 2.22. The van der Waals surface area contributed by atoms with Crippen LogP contribution < -0.4 is 16.0 Å². The van der Waals surface area contributed by atoms with Crippen molar-refractivity contribution in [3.05, 3.63) is 65.0 Å². The van der Waals surface area contributed by atoms with Crippen LogP contribution in [0.3, 0.4) is 0 Å². The largest absolute Gasteiger partial charge is 0.345 e. The maximum absolute atomic E-state index is 13.9. The number of hydrogen-bond acceptors (Lipinski definition) is 4. The first-order valence-electron chi connectivity index (χ1n) is 10.3. The molecule has 2 unspecified atom stereocenters. The molecule has 3 amide bonds. The quantitative estimate of drug-likeness (QED) is 0.584. The van der Waals surface area contributed by atoms with Gasteiger partial charge in [0.25, 0.3) is 5.91 Å². The van der Waals surface area contributed by atoms with Gasteiger partial charge in [0, 0.05) is 6.92 Å². The lowest BCUT2D eigenvalue weighted by Gasteiger charge is -2.21. The molecule has 0 saturated carbocycles. The zero-order chi connectivity index (χ0) is 23.8. The third-order valence-electron chi connectivity index (χ3n) is 4.77. The first-order chi connectivity index (χ1) is 15.1. The van der Waals surface area contributed by atoms with Gasteiger partial charge in [-0.1, -0.05) is 26.0 Å². The summed E-state index contributed by atoms with van der Waals surface area (Å²) in [6.07, 6.45) is 0.407. The van der Waals surface area contributed by atoms with Gasteiger partial charge in [-0.15, -0.1) is 0 Å². The van der Waals surface area contributed by atoms with E-state index in [9.17, 15) is 18.8 Å². The normalized spacial score (nSPS) is 12.4. The maximum atomic E-state index is 13.9. The first kappa shape index (κ1) is 24.5. The van der Waals surface area contributed by atoms with Crippen LogP contribution in [0.15, 0.2) is 42.5 Å². The molecule has 8 heteroatoms. The number of nitrogens with zero attached hydrogens (tertiary/aromatic N) is 1. The number of hydrogen-bond donors (Lipinski definition) is 3. The minimum Gasteiger partial charge on any atom is -0.345 e. The van der Waals surface area contributed by atoms with Crippen molar-refractivity contribution in [2.24, 2.45) is 5.92 Å². The first-order valence-corrected chi connectivity index (χ1v) is 10.3. The molecule has 0 aromatic heterocycles. The minimum atomic E-state index is -0.786. The standard InChI is InChI=1S/C24H27FN4O3/c1-14(2)11-22(28-16(4)30)24(32)29-21-10-9-19(25)12-20(21)23(31)27-15(3)18-7-5-17(13-26)6-8-18/h5-10,12,14-15,22H,11H2,1-4H3,(H,27,31)(H,28,30)(H,29,32). The summed E-state index contributed by atoms with van der Waals surface area (Å²) in [7, 11) is 0. The van der Waals surface area contributed by atoms with Gasteiger partial charge in [-0.3, -0.25) is 14.4 Å². The van der Waals surface area contributed by atoms with E-state index in [1.54, 1.807) is 31.2 Å². The number of halogens is 1. The van der Waals surface area contributed by atoms with Crippen LogP contribution in [-0.2, 0) is 9.59 Å². The molecule has 2 rings (SSSR count). The zero-order valence-electron chi connectivity index (χ0n) is 18.5. The molecule has 7 nitrogen and oxygen atoms in total. The molecule has 0 aliphatic carbocycles. The molecular formula is C24H27FN4O3. The van der Waals surface area contributed by atoms with Crippen LogP contribution >= 0.6 is 0 Å². The van der Waals surface area contributed by atoms with E-state index in [0.717, 1.165) is 17.7 Å². The maximum Gasteiger partial charge on any atom is 0.253 e. The molecule has 0 aliphatic heterocycles. The molecule has 0 saturated heterocycles. The van der Waals surface area contributed by atoms with Gasteiger partial charge in [0.05, 0.1) is 28.9 Å². The molecule has 2 atom stereocenters. The van der Waals surface area contributed by atoms with Gasteiger partial charge in [0.15, 0.2) is 0 Å². The van der Waals surface area contributed by atoms with Crippen LogP contribution in [0.1, 0.15) is 61.6 Å². The number of amides is 3. The van der Waals surface area contributed by atoms with Gasteiger partial charge in [0.2, 0.25) is 11.8 Å². The molecule has 0 radical (unpaired) electrons. The summed E-state index contributed by atoms with van der Waals surface area (Å²) in [5.41, 5.74) is 1.37. The van der Waals surface area contributed by atoms with E-state index in [1.807, 2.05) is 19.9 Å². The van der Waals surface area contributed by atoms with Gasteiger partial charge in [-0.05, 0) is 55.2 Å². The van der Waals surface area contributed by atoms with Crippen LogP contribution in [0.2, 0.25) is 0 Å². The lowest BCUT2D eigenvalue weighted by Crippen LogP contribution is -2.44. The van der Waals surface area contributed by atoms with Crippen molar-refractivity contribution >= 4 is 23.4 Å². The third-order valence-corrected chi connectivity index (χ3v) is 4.77. The minimum absolute atomic E-state index is 0.0371. The molecular weight excluding hydrogens is 411 g/mol. The van der Waals surface area contributed by atoms with Crippen LogP contribution in [0, 0.1) is 23.1 Å². The van der Waals surface area contributed by atoms with Gasteiger partial charge >= 0.3 is 0 Å². The highest BCUT2D eigenvalue weighted by atomic mass is 19.1. The van der Waals surface area contributed by atoms with Crippen molar-refractivity contribution < 1.29 is 18.8 Å². The molecule has 32 heavy (non-hydrogen) atoms. The Morgan fingerprint density at radius 1 is 1.03 bits per heavy atom. The van der Waals surface area contributed by atoms with Crippen molar-refractivity contribution in [2.75, 3.05) is 5.32 Å². The SMILES string of the molecule is CC(=O)NC(CC(C)C)C(=O)Nc1ccc(F)cc1C(=O)NC(C)c1ccc(C#N)cc1. The average molecular weight is 439 g/mol. The molecule has 2 aromatic carbocycles. The summed E-state index contributed by atoms with van der Waals surface area (Å²) < 4.78 is 13.9. The van der Waals surface area contributed by atoms with Crippen LogP contribution in [0.4, 0.5) is 10.1 Å². The van der Waals surface area contributed by atoms with E-state index >= 15 is 0 Å². The van der Waals surface area contributed by atoms with Gasteiger partial charge in [0.1, 0.15) is 11.9 Å². The molecule has 3 N–H and O–H groups in total. The summed E-state index contributed by atoms with van der Waals surface area (Å²) in [5.74, 6) is -1.90. The Morgan fingerprint density at radius 3 is 2.25 bits per heavy atom. The third kappa shape index (κ3) is 6.91. The van der Waals surface area contributed by atoms with Gasteiger partial charge in [-0.2, -0.15) is 5.26 Å². The number of anilines is 1. The highest BCUT2D eigenvalue weighted by Gasteiger charge is 2.23. The summed E-state index contributed by atoms with van der Waals surface area (Å²) >= 11 is 0. The Kier molecular flexibility index (Phi) is 8.47. The highest BCUT2D eigenvalue weighted by Crippen LogP contribution is 2.21. The van der Waals surface area contributed by atoms with E-state index in [4.69, 9.17) is 5.26 Å². The number of rotatable bonds is 8. The number of carbonyl (C=O) groups excluding carboxylic acids is 3. The summed E-state index contributed by atoms with van der Waals surface area (Å²) in [6.45, 7) is 6.92. The Bertz CT molecular complexity index is 1030. The molecule has 0 aliphatic rings. The number of benzene rings is 2. The predicted octanol–water partition coefficient (Wildman–Crippen LogP) is 3.68. The van der Waals surface area contributed by atoms with E-state index < -0.39 is 29.7 Å². The second kappa shape index (κ2) is 11.0. The predicted molar refractivity (Wildman–Crippen MR) is 119 cm³/mol. The molecule has 0 fully saturated rings. The molecule has 2 aromatic rings. The van der Waals surface area contributed by atoms with Crippen molar-refractivity contribution in [2.45, 2.75) is 46.2 Å². The topological polar surface area (TPSA) is 111 Å². The Morgan fingerprint density at radius 2 is 1.69 bits per heavy atom. The second-order valence-electron chi connectivity index (χ2n) is 7.99. The molecule has 0 heterocycles. The van der Waals surface area contributed by atoms with Crippen LogP contribution in [0.25, 0.3) is 0 Å². The van der Waals surface area contributed by atoms with Crippen molar-refractivity contribution in [3.8, 4) is 6.07 Å². The fourth-order valence-corrected chi connectivity index (χ4v) is 3.19. The van der Waals surface area contributed by atoms with Crippen molar-refractivity contribution in [1.82, 2.24) is 10.6 Å². The van der Waals surface area contributed by atoms with Crippen molar-refractivity contribution in [1.29, 1.82) is 5.26 Å². The molecule has 0 spiro atoms. The molecule has 168 valence electrons. The number of nitriles is 1. The van der Waals surface area contributed by atoms with Crippen molar-refractivity contribution in [3.63, 3.8) is 0 Å². The van der Waals surface area contributed by atoms with E-state index in [2.05, 4.69) is 16.0 Å². The average Bonchev–Trinajstić information content (AvgIpc) is 2.73. The van der Waals surface area contributed by atoms with E-state index in [0.29, 0.717) is 12.0 Å². The number of nitrogens with one attached hydrogen (secondary N) is 3.